The number of rotatable bonds is 14. The van der Waals surface area contributed by atoms with Crippen LogP contribution in [0.3, 0.4) is 0 Å². The monoisotopic (exact) mass is 981 g/mol. The van der Waals surface area contributed by atoms with Gasteiger partial charge in [-0.3, -0.25) is 9.69 Å². The summed E-state index contributed by atoms with van der Waals surface area (Å²) in [6.07, 6.45) is 18.5. The SMILES string of the molecule is COC(=O)c1cc(NC2CC3(CCC3)C2)nc(N2CCCCC2)n1.COCOc1ccc2c(c1)CN(C(=O)OC(C)(C)C)[C@H]([C@H](O)CNC(=O)c1cc(NC3CC4(CCC4)C3)nc(N3CCCCC3)n1)C2. The van der Waals surface area contributed by atoms with Crippen LogP contribution in [0.5, 0.6) is 5.75 Å². The van der Waals surface area contributed by atoms with E-state index in [4.69, 9.17) is 23.9 Å². The highest BCUT2D eigenvalue weighted by atomic mass is 16.7. The molecule has 71 heavy (non-hydrogen) atoms. The lowest BCUT2D eigenvalue weighted by Gasteiger charge is -2.54. The molecule has 4 aliphatic carbocycles. The Balaban J connectivity index is 0.000000217. The minimum atomic E-state index is -1.06. The second kappa shape index (κ2) is 21.7. The molecule has 7 aliphatic rings. The summed E-state index contributed by atoms with van der Waals surface area (Å²) in [6, 6.07) is 9.32. The number of methoxy groups -OCH3 is 2. The molecule has 4 N–H and O–H groups in total. The average Bonchev–Trinajstić information content (AvgIpc) is 3.32. The second-order valence-electron chi connectivity index (χ2n) is 22.3. The molecule has 6 fully saturated rings. The van der Waals surface area contributed by atoms with E-state index in [1.807, 2.05) is 39.0 Å². The van der Waals surface area contributed by atoms with Crippen LogP contribution in [0.2, 0.25) is 0 Å². The minimum Gasteiger partial charge on any atom is -0.468 e. The number of aromatic nitrogens is 4. The van der Waals surface area contributed by atoms with E-state index in [1.54, 1.807) is 24.1 Å². The summed E-state index contributed by atoms with van der Waals surface area (Å²) in [4.78, 5) is 63.4. The van der Waals surface area contributed by atoms with Gasteiger partial charge in [-0.05, 0) is 151 Å². The standard InChI is InChI=1S/C35H50N6O6.C18H26N4O2/c1-34(2,3)47-33(44)41-21-24-15-26(46-22-45-4)10-9-23(24)16-28(41)29(42)20-36-31(43)27-17-30(37-25-18-35(19-25)11-8-12-35)39-32(38-27)40-13-6-5-7-14-40;1-24-16(23)14-10-15(19-13-11-18(12-13)6-5-7-18)21-17(20-14)22-8-3-2-4-9-22/h9-10,15,17,25,28-29,42H,5-8,11-14,16,18-22H2,1-4H3,(H,36,43)(H,37,38,39);10,13H,2-9,11-12H2,1H3,(H,19,20,21)/t28-,29+;/m0./s1. The zero-order valence-electron chi connectivity index (χ0n) is 42.6. The van der Waals surface area contributed by atoms with E-state index in [1.165, 1.54) is 71.3 Å². The van der Waals surface area contributed by atoms with E-state index in [-0.39, 0.29) is 25.6 Å². The molecule has 5 heterocycles. The summed E-state index contributed by atoms with van der Waals surface area (Å²) in [5, 5.41) is 21.5. The molecule has 2 saturated heterocycles. The number of carbonyl (C=O) groups excluding carboxylic acids is 3. The zero-order valence-corrected chi connectivity index (χ0v) is 42.6. The Morgan fingerprint density at radius 2 is 1.28 bits per heavy atom. The maximum atomic E-state index is 13.6. The van der Waals surface area contributed by atoms with Gasteiger partial charge in [0.15, 0.2) is 12.5 Å². The predicted molar refractivity (Wildman–Crippen MR) is 270 cm³/mol. The van der Waals surface area contributed by atoms with Gasteiger partial charge in [-0.15, -0.1) is 0 Å². The highest BCUT2D eigenvalue weighted by Crippen LogP contribution is 2.57. The first kappa shape index (κ1) is 50.5. The molecule has 2 atom stereocenters. The molecule has 4 saturated carbocycles. The van der Waals surface area contributed by atoms with Crippen molar-refractivity contribution < 1.29 is 38.4 Å². The number of aliphatic hydroxyl groups excluding tert-OH is 1. The number of piperidine rings is 2. The van der Waals surface area contributed by atoms with Gasteiger partial charge in [-0.2, -0.15) is 9.97 Å². The molecule has 3 aliphatic heterocycles. The van der Waals surface area contributed by atoms with Gasteiger partial charge in [0.25, 0.3) is 5.91 Å². The van der Waals surface area contributed by atoms with Crippen LogP contribution in [0.15, 0.2) is 30.3 Å². The number of hydrogen-bond acceptors (Lipinski definition) is 16. The van der Waals surface area contributed by atoms with Crippen molar-refractivity contribution in [3.63, 3.8) is 0 Å². The van der Waals surface area contributed by atoms with Crippen molar-refractivity contribution >= 4 is 41.5 Å². The number of nitrogens with one attached hydrogen (secondary N) is 3. The molecule has 10 rings (SSSR count). The van der Waals surface area contributed by atoms with Crippen LogP contribution < -0.4 is 30.5 Å². The number of carbonyl (C=O) groups is 3. The second-order valence-corrected chi connectivity index (χ2v) is 22.3. The van der Waals surface area contributed by atoms with E-state index in [9.17, 15) is 19.5 Å². The topological polar surface area (TPSA) is 206 Å². The lowest BCUT2D eigenvalue weighted by molar-refractivity contribution is -0.0114. The van der Waals surface area contributed by atoms with Crippen LogP contribution in [0, 0.1) is 10.8 Å². The fraction of sp³-hybridized carbons (Fsp3) is 0.679. The van der Waals surface area contributed by atoms with Gasteiger partial charge in [0.1, 0.15) is 28.7 Å². The predicted octanol–water partition coefficient (Wildman–Crippen LogP) is 7.65. The number of amides is 2. The highest BCUT2D eigenvalue weighted by molar-refractivity contribution is 5.93. The molecule has 0 radical (unpaired) electrons. The smallest absolute Gasteiger partial charge is 0.410 e. The third kappa shape index (κ3) is 12.2. The van der Waals surface area contributed by atoms with Crippen LogP contribution >= 0.6 is 0 Å². The fourth-order valence-corrected chi connectivity index (χ4v) is 11.7. The van der Waals surface area contributed by atoms with Crippen LogP contribution in [0.1, 0.15) is 156 Å². The molecule has 2 spiro atoms. The minimum absolute atomic E-state index is 0.0654. The molecular weight excluding hydrogens is 905 g/mol. The van der Waals surface area contributed by atoms with Crippen molar-refractivity contribution in [1.29, 1.82) is 0 Å². The number of anilines is 4. The first-order valence-electron chi connectivity index (χ1n) is 26.3. The van der Waals surface area contributed by atoms with Crippen molar-refractivity contribution in [2.24, 2.45) is 10.8 Å². The van der Waals surface area contributed by atoms with Crippen molar-refractivity contribution in [2.45, 2.75) is 166 Å². The van der Waals surface area contributed by atoms with E-state index in [0.29, 0.717) is 58.5 Å². The number of hydrogen-bond donors (Lipinski definition) is 4. The molecule has 18 nitrogen and oxygen atoms in total. The van der Waals surface area contributed by atoms with Crippen molar-refractivity contribution in [2.75, 3.05) is 74.2 Å². The maximum Gasteiger partial charge on any atom is 0.410 e. The molecule has 386 valence electrons. The molecular formula is C53H76N10O8. The molecule has 2 amide bonds. The van der Waals surface area contributed by atoms with Gasteiger partial charge in [-0.1, -0.05) is 18.9 Å². The van der Waals surface area contributed by atoms with E-state index < -0.39 is 35.7 Å². The third-order valence-corrected chi connectivity index (χ3v) is 15.8. The molecule has 2 aromatic heterocycles. The van der Waals surface area contributed by atoms with E-state index in [0.717, 1.165) is 81.6 Å². The quantitative estimate of drug-likeness (QED) is 0.0905. The summed E-state index contributed by atoms with van der Waals surface area (Å²) >= 11 is 0. The van der Waals surface area contributed by atoms with Gasteiger partial charge in [-0.25, -0.2) is 19.6 Å². The van der Waals surface area contributed by atoms with Gasteiger partial charge in [0, 0.05) is 70.6 Å². The van der Waals surface area contributed by atoms with Gasteiger partial charge >= 0.3 is 12.1 Å². The van der Waals surface area contributed by atoms with E-state index >= 15 is 0 Å². The van der Waals surface area contributed by atoms with Crippen LogP contribution in [0.4, 0.5) is 28.3 Å². The zero-order chi connectivity index (χ0) is 49.8. The van der Waals surface area contributed by atoms with Gasteiger partial charge < -0.3 is 49.8 Å². The number of nitrogens with zero attached hydrogens (tertiary/aromatic N) is 7. The third-order valence-electron chi connectivity index (χ3n) is 15.8. The Morgan fingerprint density at radius 3 is 1.79 bits per heavy atom. The Morgan fingerprint density at radius 1 is 0.732 bits per heavy atom. The van der Waals surface area contributed by atoms with Crippen molar-refractivity contribution in [3.05, 3.63) is 52.8 Å². The summed E-state index contributed by atoms with van der Waals surface area (Å²) in [5.74, 6) is 2.47. The Kier molecular flexibility index (Phi) is 15.4. The number of ether oxygens (including phenoxy) is 4. The number of benzene rings is 1. The molecule has 0 bridgehead atoms. The Hall–Kier alpha value is -5.49. The maximum absolute atomic E-state index is 13.6. The number of aliphatic hydroxyl groups is 1. The van der Waals surface area contributed by atoms with Gasteiger partial charge in [0.2, 0.25) is 11.9 Å². The summed E-state index contributed by atoms with van der Waals surface area (Å²) < 4.78 is 21.2. The Labute approximate surface area is 418 Å². The first-order valence-corrected chi connectivity index (χ1v) is 26.3. The lowest BCUT2D eigenvalue weighted by Crippen LogP contribution is -2.54. The molecule has 0 unspecified atom stereocenters. The van der Waals surface area contributed by atoms with Crippen molar-refractivity contribution in [3.8, 4) is 5.75 Å². The van der Waals surface area contributed by atoms with Crippen LogP contribution in [-0.4, -0.2) is 131 Å². The average molecular weight is 981 g/mol. The number of fused-ring (bicyclic) bond motifs is 1. The largest absolute Gasteiger partial charge is 0.468 e. The van der Waals surface area contributed by atoms with E-state index in [2.05, 4.69) is 40.7 Å². The summed E-state index contributed by atoms with van der Waals surface area (Å²) in [6.45, 7) is 9.34. The molecule has 18 heteroatoms. The summed E-state index contributed by atoms with van der Waals surface area (Å²) in [5.41, 5.74) is 2.91. The lowest BCUT2D eigenvalue weighted by atomic mass is 9.54. The Bertz CT molecular complexity index is 2340. The fourth-order valence-electron chi connectivity index (χ4n) is 11.7. The highest BCUT2D eigenvalue weighted by Gasteiger charge is 2.49. The molecule has 3 aromatic rings. The summed E-state index contributed by atoms with van der Waals surface area (Å²) in [7, 11) is 2.95. The number of esters is 1. The first-order chi connectivity index (χ1) is 34.2. The van der Waals surface area contributed by atoms with Crippen molar-refractivity contribution in [1.82, 2.24) is 30.2 Å². The normalized spacial score (nSPS) is 22.5. The van der Waals surface area contributed by atoms with Gasteiger partial charge in [0.05, 0.1) is 19.3 Å². The molecule has 1 aromatic carbocycles. The van der Waals surface area contributed by atoms with Crippen LogP contribution in [0.25, 0.3) is 0 Å². The van der Waals surface area contributed by atoms with Crippen LogP contribution in [-0.2, 0) is 27.2 Å².